The molecular formula is C11H15FN2O2S2. The molecule has 0 bridgehead atoms. The molecule has 4 nitrogen and oxygen atoms in total. The zero-order valence-corrected chi connectivity index (χ0v) is 11.4. The number of nitrogen functional groups attached to an aromatic ring is 1. The molecule has 7 heteroatoms. The molecule has 3 N–H and O–H groups in total. The molecule has 0 radical (unpaired) electrons. The minimum absolute atomic E-state index is 0.102. The van der Waals surface area contributed by atoms with E-state index in [1.807, 2.05) is 0 Å². The van der Waals surface area contributed by atoms with Crippen molar-refractivity contribution in [3.63, 3.8) is 0 Å². The summed E-state index contributed by atoms with van der Waals surface area (Å²) in [5.41, 5.74) is 5.54. The van der Waals surface area contributed by atoms with Crippen LogP contribution < -0.4 is 10.5 Å². The highest BCUT2D eigenvalue weighted by molar-refractivity contribution is 8.00. The largest absolute Gasteiger partial charge is 0.399 e. The number of benzene rings is 1. The van der Waals surface area contributed by atoms with Gasteiger partial charge in [0.05, 0.1) is 4.90 Å². The van der Waals surface area contributed by atoms with Gasteiger partial charge >= 0.3 is 0 Å². The molecule has 0 aliphatic carbocycles. The Bertz CT molecular complexity index is 508. The molecule has 18 heavy (non-hydrogen) atoms. The standard InChI is InChI=1S/C11H15FN2O2S2/c12-8-4-9(13)6-11(5-8)18(15,16)14-7-10-2-1-3-17-10/h4-6,10,14H,1-3,7,13H2. The summed E-state index contributed by atoms with van der Waals surface area (Å²) in [7, 11) is -3.68. The van der Waals surface area contributed by atoms with Gasteiger partial charge in [0.2, 0.25) is 10.0 Å². The summed E-state index contributed by atoms with van der Waals surface area (Å²) in [6.07, 6.45) is 2.13. The van der Waals surface area contributed by atoms with Gasteiger partial charge in [0.1, 0.15) is 5.82 Å². The van der Waals surface area contributed by atoms with Gasteiger partial charge in [-0.05, 0) is 36.8 Å². The van der Waals surface area contributed by atoms with E-state index in [-0.39, 0.29) is 10.6 Å². The molecule has 1 fully saturated rings. The SMILES string of the molecule is Nc1cc(F)cc(S(=O)(=O)NCC2CCCS2)c1. The van der Waals surface area contributed by atoms with Crippen molar-refractivity contribution in [3.05, 3.63) is 24.0 Å². The van der Waals surface area contributed by atoms with Crippen molar-refractivity contribution in [2.75, 3.05) is 18.0 Å². The van der Waals surface area contributed by atoms with Crippen molar-refractivity contribution in [2.24, 2.45) is 0 Å². The molecule has 1 unspecified atom stereocenters. The number of sulfonamides is 1. The zero-order valence-electron chi connectivity index (χ0n) is 9.73. The first-order chi connectivity index (χ1) is 8.47. The van der Waals surface area contributed by atoms with Crippen LogP contribution in [0.4, 0.5) is 10.1 Å². The van der Waals surface area contributed by atoms with Crippen LogP contribution in [0.25, 0.3) is 0 Å². The quantitative estimate of drug-likeness (QED) is 0.826. The van der Waals surface area contributed by atoms with Gasteiger partial charge in [0.15, 0.2) is 0 Å². The molecule has 1 saturated heterocycles. The van der Waals surface area contributed by atoms with Crippen molar-refractivity contribution in [2.45, 2.75) is 23.0 Å². The predicted molar refractivity (Wildman–Crippen MR) is 71.5 cm³/mol. The molecule has 100 valence electrons. The minimum Gasteiger partial charge on any atom is -0.399 e. The molecular weight excluding hydrogens is 275 g/mol. The summed E-state index contributed by atoms with van der Waals surface area (Å²) < 4.78 is 39.5. The van der Waals surface area contributed by atoms with Crippen LogP contribution in [0.1, 0.15) is 12.8 Å². The van der Waals surface area contributed by atoms with E-state index in [0.29, 0.717) is 11.8 Å². The maximum Gasteiger partial charge on any atom is 0.240 e. The molecule has 1 aromatic rings. The first-order valence-corrected chi connectivity index (χ1v) is 8.18. The number of halogens is 1. The van der Waals surface area contributed by atoms with Crippen molar-refractivity contribution in [3.8, 4) is 0 Å². The van der Waals surface area contributed by atoms with Crippen LogP contribution in [-0.4, -0.2) is 26.0 Å². The van der Waals surface area contributed by atoms with Crippen molar-refractivity contribution in [1.82, 2.24) is 4.72 Å². The topological polar surface area (TPSA) is 72.2 Å². The average Bonchev–Trinajstić information content (AvgIpc) is 2.78. The van der Waals surface area contributed by atoms with Gasteiger partial charge in [-0.1, -0.05) is 0 Å². The van der Waals surface area contributed by atoms with E-state index in [2.05, 4.69) is 4.72 Å². The van der Waals surface area contributed by atoms with E-state index in [9.17, 15) is 12.8 Å². The monoisotopic (exact) mass is 290 g/mol. The van der Waals surface area contributed by atoms with E-state index in [1.165, 1.54) is 6.07 Å². The van der Waals surface area contributed by atoms with Gasteiger partial charge in [-0.15, -0.1) is 0 Å². The number of anilines is 1. The Hall–Kier alpha value is -0.790. The third kappa shape index (κ3) is 3.37. The molecule has 1 aliphatic rings. The molecule has 0 aromatic heterocycles. The summed E-state index contributed by atoms with van der Waals surface area (Å²) in [6.45, 7) is 0.378. The van der Waals surface area contributed by atoms with E-state index in [0.717, 1.165) is 30.7 Å². The van der Waals surface area contributed by atoms with Crippen LogP contribution in [0.5, 0.6) is 0 Å². The zero-order chi connectivity index (χ0) is 13.2. The number of rotatable bonds is 4. The number of hydrogen-bond acceptors (Lipinski definition) is 4. The summed E-state index contributed by atoms with van der Waals surface area (Å²) in [6, 6.07) is 3.32. The first kappa shape index (κ1) is 13.6. The molecule has 0 spiro atoms. The Balaban J connectivity index is 2.09. The Morgan fingerprint density at radius 1 is 1.44 bits per heavy atom. The fraction of sp³-hybridized carbons (Fsp3) is 0.455. The summed E-state index contributed by atoms with van der Waals surface area (Å²) in [4.78, 5) is -0.122. The second-order valence-electron chi connectivity index (χ2n) is 4.21. The van der Waals surface area contributed by atoms with Crippen LogP contribution >= 0.6 is 11.8 Å². The van der Waals surface area contributed by atoms with Crippen molar-refractivity contribution in [1.29, 1.82) is 0 Å². The van der Waals surface area contributed by atoms with Gasteiger partial charge < -0.3 is 5.73 Å². The maximum atomic E-state index is 13.1. The number of nitrogens with two attached hydrogens (primary N) is 1. The van der Waals surface area contributed by atoms with Crippen LogP contribution in [0, 0.1) is 5.82 Å². The second-order valence-corrected chi connectivity index (χ2v) is 7.38. The smallest absolute Gasteiger partial charge is 0.240 e. The molecule has 1 atom stereocenters. The fourth-order valence-corrected chi connectivity index (χ4v) is 4.28. The molecule has 0 amide bonds. The van der Waals surface area contributed by atoms with Crippen LogP contribution in [0.15, 0.2) is 23.1 Å². The van der Waals surface area contributed by atoms with E-state index < -0.39 is 15.8 Å². The Labute approximate surface area is 110 Å². The van der Waals surface area contributed by atoms with E-state index in [1.54, 1.807) is 11.8 Å². The summed E-state index contributed by atoms with van der Waals surface area (Å²) >= 11 is 1.76. The number of hydrogen-bond donors (Lipinski definition) is 2. The third-order valence-electron chi connectivity index (χ3n) is 2.73. The van der Waals surface area contributed by atoms with Gasteiger partial charge in [0, 0.05) is 17.5 Å². The van der Waals surface area contributed by atoms with Gasteiger partial charge in [-0.3, -0.25) is 0 Å². The Morgan fingerprint density at radius 3 is 2.83 bits per heavy atom. The Kier molecular flexibility index (Phi) is 4.14. The van der Waals surface area contributed by atoms with Crippen LogP contribution in [0.2, 0.25) is 0 Å². The second kappa shape index (κ2) is 5.46. The van der Waals surface area contributed by atoms with E-state index >= 15 is 0 Å². The van der Waals surface area contributed by atoms with Gasteiger partial charge in [-0.2, -0.15) is 11.8 Å². The molecule has 1 aromatic carbocycles. The highest BCUT2D eigenvalue weighted by Crippen LogP contribution is 2.25. The normalized spacial score (nSPS) is 20.2. The van der Waals surface area contributed by atoms with Crippen molar-refractivity contribution >= 4 is 27.5 Å². The number of thioether (sulfide) groups is 1. The molecule has 1 aliphatic heterocycles. The van der Waals surface area contributed by atoms with Crippen LogP contribution in [-0.2, 0) is 10.0 Å². The molecule has 2 rings (SSSR count). The lowest BCUT2D eigenvalue weighted by molar-refractivity contribution is 0.575. The highest BCUT2D eigenvalue weighted by Gasteiger charge is 2.20. The van der Waals surface area contributed by atoms with Crippen LogP contribution in [0.3, 0.4) is 0 Å². The number of nitrogens with one attached hydrogen (secondary N) is 1. The van der Waals surface area contributed by atoms with Crippen molar-refractivity contribution < 1.29 is 12.8 Å². The summed E-state index contributed by atoms with van der Waals surface area (Å²) in [5, 5.41) is 0.311. The highest BCUT2D eigenvalue weighted by atomic mass is 32.2. The molecule has 1 heterocycles. The van der Waals surface area contributed by atoms with Gasteiger partial charge in [0.25, 0.3) is 0 Å². The lowest BCUT2D eigenvalue weighted by Gasteiger charge is -2.11. The fourth-order valence-electron chi connectivity index (χ4n) is 1.83. The molecule has 0 saturated carbocycles. The Morgan fingerprint density at radius 2 is 2.22 bits per heavy atom. The summed E-state index contributed by atoms with van der Waals surface area (Å²) in [5.74, 6) is 0.421. The first-order valence-electron chi connectivity index (χ1n) is 5.65. The average molecular weight is 290 g/mol. The lowest BCUT2D eigenvalue weighted by atomic mass is 10.2. The lowest BCUT2D eigenvalue weighted by Crippen LogP contribution is -2.30. The van der Waals surface area contributed by atoms with E-state index in [4.69, 9.17) is 5.73 Å². The minimum atomic E-state index is -3.68. The maximum absolute atomic E-state index is 13.1. The third-order valence-corrected chi connectivity index (χ3v) is 5.53. The predicted octanol–water partition coefficient (Wildman–Crippen LogP) is 1.58. The van der Waals surface area contributed by atoms with Gasteiger partial charge in [-0.25, -0.2) is 17.5 Å².